The molecule has 1 saturated heterocycles. The molecule has 0 aliphatic carbocycles. The van der Waals surface area contributed by atoms with Gasteiger partial charge in [0.05, 0.1) is 6.10 Å². The van der Waals surface area contributed by atoms with Crippen LogP contribution in [0.15, 0.2) is 10.5 Å². The number of hydrogen-bond donors (Lipinski definition) is 1. The van der Waals surface area contributed by atoms with Crippen LogP contribution < -0.4 is 5.32 Å². The zero-order chi connectivity index (χ0) is 14.0. The van der Waals surface area contributed by atoms with Gasteiger partial charge in [0, 0.05) is 38.8 Å². The molecule has 4 heteroatoms. The number of thiophene rings is 1. The molecule has 1 fully saturated rings. The van der Waals surface area contributed by atoms with Crippen molar-refractivity contribution < 1.29 is 4.74 Å². The maximum atomic E-state index is 6.06. The molecule has 19 heavy (non-hydrogen) atoms. The Morgan fingerprint density at radius 3 is 2.79 bits per heavy atom. The van der Waals surface area contributed by atoms with Crippen molar-refractivity contribution >= 4 is 27.3 Å². The molecule has 0 spiro atoms. The molecule has 1 aliphatic rings. The molecule has 0 bridgehead atoms. The SMILES string of the molecule is Cc1sc(C2OCCCC2CNC(C)(C)C)cc1Br. The second kappa shape index (κ2) is 6.25. The first-order chi connectivity index (χ1) is 8.87. The summed E-state index contributed by atoms with van der Waals surface area (Å²) >= 11 is 5.47. The fraction of sp³-hybridized carbons (Fsp3) is 0.733. The molecule has 2 unspecified atom stereocenters. The van der Waals surface area contributed by atoms with Crippen LogP contribution in [0.3, 0.4) is 0 Å². The number of ether oxygens (including phenoxy) is 1. The zero-order valence-corrected chi connectivity index (χ0v) is 14.7. The Morgan fingerprint density at radius 1 is 1.47 bits per heavy atom. The van der Waals surface area contributed by atoms with E-state index in [0.29, 0.717) is 5.92 Å². The topological polar surface area (TPSA) is 21.3 Å². The third-order valence-corrected chi connectivity index (χ3v) is 5.69. The highest BCUT2D eigenvalue weighted by atomic mass is 79.9. The summed E-state index contributed by atoms with van der Waals surface area (Å²) < 4.78 is 7.27. The number of rotatable bonds is 3. The van der Waals surface area contributed by atoms with Gasteiger partial charge in [0.1, 0.15) is 0 Å². The number of hydrogen-bond acceptors (Lipinski definition) is 3. The van der Waals surface area contributed by atoms with Gasteiger partial charge in [-0.1, -0.05) is 0 Å². The third-order valence-electron chi connectivity index (χ3n) is 3.50. The Morgan fingerprint density at radius 2 is 2.21 bits per heavy atom. The second-order valence-corrected chi connectivity index (χ2v) is 8.52. The summed E-state index contributed by atoms with van der Waals surface area (Å²) in [5.41, 5.74) is 0.175. The van der Waals surface area contributed by atoms with Crippen molar-refractivity contribution in [1.82, 2.24) is 5.32 Å². The van der Waals surface area contributed by atoms with E-state index in [9.17, 15) is 0 Å². The van der Waals surface area contributed by atoms with Crippen molar-refractivity contribution in [1.29, 1.82) is 0 Å². The van der Waals surface area contributed by atoms with Crippen molar-refractivity contribution in [2.24, 2.45) is 5.92 Å². The Labute approximate surface area is 129 Å². The standard InChI is InChI=1S/C15H24BrNOS/c1-10-12(16)8-13(19-10)14-11(6-5-7-18-14)9-17-15(2,3)4/h8,11,14,17H,5-7,9H2,1-4H3. The predicted molar refractivity (Wildman–Crippen MR) is 85.9 cm³/mol. The van der Waals surface area contributed by atoms with Crippen LogP contribution in [0.1, 0.15) is 49.5 Å². The molecule has 108 valence electrons. The molecule has 1 aliphatic heterocycles. The van der Waals surface area contributed by atoms with Crippen molar-refractivity contribution in [3.8, 4) is 0 Å². The first-order valence-electron chi connectivity index (χ1n) is 6.99. The van der Waals surface area contributed by atoms with Crippen LogP contribution in [0.4, 0.5) is 0 Å². The van der Waals surface area contributed by atoms with Gasteiger partial charge in [0.25, 0.3) is 0 Å². The summed E-state index contributed by atoms with van der Waals surface area (Å²) in [4.78, 5) is 2.71. The fourth-order valence-electron chi connectivity index (χ4n) is 2.43. The lowest BCUT2D eigenvalue weighted by Gasteiger charge is -2.33. The highest BCUT2D eigenvalue weighted by Gasteiger charge is 2.29. The first kappa shape index (κ1) is 15.5. The second-order valence-electron chi connectivity index (χ2n) is 6.38. The highest BCUT2D eigenvalue weighted by Crippen LogP contribution is 2.39. The van der Waals surface area contributed by atoms with E-state index in [-0.39, 0.29) is 11.6 Å². The summed E-state index contributed by atoms with van der Waals surface area (Å²) in [7, 11) is 0. The van der Waals surface area contributed by atoms with Gasteiger partial charge in [-0.3, -0.25) is 0 Å². The molecule has 1 N–H and O–H groups in total. The summed E-state index contributed by atoms with van der Waals surface area (Å²) in [6.45, 7) is 10.7. The van der Waals surface area contributed by atoms with Crippen LogP contribution in [-0.2, 0) is 4.74 Å². The molecular weight excluding hydrogens is 322 g/mol. The smallest absolute Gasteiger partial charge is 0.0957 e. The molecule has 0 saturated carbocycles. The fourth-order valence-corrected chi connectivity index (χ4v) is 4.13. The van der Waals surface area contributed by atoms with Crippen molar-refractivity contribution in [2.75, 3.05) is 13.2 Å². The van der Waals surface area contributed by atoms with E-state index >= 15 is 0 Å². The summed E-state index contributed by atoms with van der Waals surface area (Å²) in [5.74, 6) is 0.581. The quantitative estimate of drug-likeness (QED) is 0.858. The summed E-state index contributed by atoms with van der Waals surface area (Å²) in [6.07, 6.45) is 2.69. The number of aryl methyl sites for hydroxylation is 1. The molecule has 2 nitrogen and oxygen atoms in total. The predicted octanol–water partition coefficient (Wildman–Crippen LogP) is 4.67. The minimum Gasteiger partial charge on any atom is -0.372 e. The Kier molecular flexibility index (Phi) is 5.09. The highest BCUT2D eigenvalue weighted by molar-refractivity contribution is 9.10. The molecular formula is C15H24BrNOS. The third kappa shape index (κ3) is 4.28. The van der Waals surface area contributed by atoms with Gasteiger partial charge in [0.2, 0.25) is 0 Å². The molecule has 2 heterocycles. The Hall–Kier alpha value is 0.100. The van der Waals surface area contributed by atoms with Crippen LogP contribution in [0.5, 0.6) is 0 Å². The van der Waals surface area contributed by atoms with Gasteiger partial charge in [-0.25, -0.2) is 0 Å². The van der Waals surface area contributed by atoms with E-state index in [1.54, 1.807) is 0 Å². The molecule has 1 aromatic rings. The van der Waals surface area contributed by atoms with Gasteiger partial charge in [-0.05, 0) is 62.5 Å². The van der Waals surface area contributed by atoms with Gasteiger partial charge >= 0.3 is 0 Å². The van der Waals surface area contributed by atoms with Crippen molar-refractivity contribution in [3.63, 3.8) is 0 Å². The summed E-state index contributed by atoms with van der Waals surface area (Å²) in [6, 6.07) is 2.24. The lowest BCUT2D eigenvalue weighted by Crippen LogP contribution is -2.41. The average molecular weight is 346 g/mol. The number of halogens is 1. The Balaban J connectivity index is 2.07. The first-order valence-corrected chi connectivity index (χ1v) is 8.60. The average Bonchev–Trinajstić information content (AvgIpc) is 2.66. The van der Waals surface area contributed by atoms with E-state index in [1.807, 2.05) is 11.3 Å². The lowest BCUT2D eigenvalue weighted by atomic mass is 9.92. The molecule has 0 aromatic carbocycles. The van der Waals surface area contributed by atoms with E-state index in [4.69, 9.17) is 4.74 Å². The van der Waals surface area contributed by atoms with Crippen LogP contribution in [0, 0.1) is 12.8 Å². The van der Waals surface area contributed by atoms with E-state index in [2.05, 4.69) is 55.0 Å². The monoisotopic (exact) mass is 345 g/mol. The van der Waals surface area contributed by atoms with Gasteiger partial charge in [-0.2, -0.15) is 0 Å². The molecule has 0 amide bonds. The Bertz CT molecular complexity index is 405. The van der Waals surface area contributed by atoms with Gasteiger partial charge < -0.3 is 10.1 Å². The van der Waals surface area contributed by atoms with Crippen LogP contribution in [0.25, 0.3) is 0 Å². The molecule has 2 atom stereocenters. The molecule has 1 aromatic heterocycles. The molecule has 2 rings (SSSR count). The summed E-state index contributed by atoms with van der Waals surface area (Å²) in [5, 5.41) is 3.63. The minimum absolute atomic E-state index is 0.175. The molecule has 0 radical (unpaired) electrons. The largest absolute Gasteiger partial charge is 0.372 e. The zero-order valence-electron chi connectivity index (χ0n) is 12.3. The van der Waals surface area contributed by atoms with Crippen LogP contribution in [-0.4, -0.2) is 18.7 Å². The maximum absolute atomic E-state index is 6.06. The van der Waals surface area contributed by atoms with E-state index in [0.717, 1.165) is 13.2 Å². The van der Waals surface area contributed by atoms with Crippen LogP contribution >= 0.6 is 27.3 Å². The van der Waals surface area contributed by atoms with E-state index in [1.165, 1.54) is 27.1 Å². The van der Waals surface area contributed by atoms with E-state index < -0.39 is 0 Å². The van der Waals surface area contributed by atoms with Crippen LogP contribution in [0.2, 0.25) is 0 Å². The van der Waals surface area contributed by atoms with Crippen molar-refractivity contribution in [3.05, 3.63) is 20.3 Å². The van der Waals surface area contributed by atoms with Crippen molar-refractivity contribution in [2.45, 2.75) is 52.2 Å². The maximum Gasteiger partial charge on any atom is 0.0957 e. The number of nitrogens with one attached hydrogen (secondary N) is 1. The lowest BCUT2D eigenvalue weighted by molar-refractivity contribution is -0.0271. The van der Waals surface area contributed by atoms with Gasteiger partial charge in [0.15, 0.2) is 0 Å². The van der Waals surface area contributed by atoms with Gasteiger partial charge in [-0.15, -0.1) is 11.3 Å². The minimum atomic E-state index is 0.175. The normalized spacial score (nSPS) is 24.7.